The summed E-state index contributed by atoms with van der Waals surface area (Å²) in [7, 11) is 0. The molecule has 4 fully saturated rings. The highest BCUT2D eigenvalue weighted by molar-refractivity contribution is 5.89. The van der Waals surface area contributed by atoms with Crippen LogP contribution in [0.1, 0.15) is 106 Å². The number of carbonyl (C=O) groups is 5. The van der Waals surface area contributed by atoms with Crippen LogP contribution in [0.5, 0.6) is 0 Å². The lowest BCUT2D eigenvalue weighted by atomic mass is 9.44. The van der Waals surface area contributed by atoms with Gasteiger partial charge >= 0.3 is 30.0 Å². The highest BCUT2D eigenvalue weighted by atomic mass is 16.7. The fourth-order valence-corrected chi connectivity index (χ4v) is 10.7. The van der Waals surface area contributed by atoms with E-state index in [0.29, 0.717) is 11.1 Å². The van der Waals surface area contributed by atoms with E-state index in [2.05, 4.69) is 11.9 Å². The first-order chi connectivity index (χ1) is 28.8. The fourth-order valence-electron chi connectivity index (χ4n) is 10.7. The Bertz CT molecular complexity index is 1960. The van der Waals surface area contributed by atoms with Crippen LogP contribution in [0.25, 0.3) is 0 Å². The predicted octanol–water partition coefficient (Wildman–Crippen LogP) is 4.87. The molecule has 2 aliphatic heterocycles. The van der Waals surface area contributed by atoms with Crippen molar-refractivity contribution < 1.29 is 72.1 Å². The Kier molecular flexibility index (Phi) is 12.9. The number of hydrogen-bond donors (Lipinski definition) is 3. The van der Waals surface area contributed by atoms with E-state index >= 15 is 0 Å². The number of alkyl carbamates (subject to hydrolysis) is 1. The third-order valence-corrected chi connectivity index (χ3v) is 13.4. The first kappa shape index (κ1) is 47.1. The number of carbonyl (C=O) groups excluding carboxylic acids is 5. The molecular weight excluding hydrogens is 806 g/mol. The monoisotopic (exact) mass is 869 g/mol. The second-order valence-corrected chi connectivity index (χ2v) is 19.5. The molecule has 6 rings (SSSR count). The Labute approximate surface area is 362 Å². The van der Waals surface area contributed by atoms with Crippen molar-refractivity contribution in [3.63, 3.8) is 0 Å². The SMILES string of the molecule is C=CC1O[C@H]2CC3OC[C@@]3(OC(C)=O)C3[C@H](OC(=O)c4ccccc4)[C@]4(O)C[C@H](OC(=O)[C@@H](O)[C@H](CC(C)C)NC(=O)OC(C)(C)C)C(C)=C([C@H](OC(C)=O)[C@H](O1)[C@@]32C)C4(C)C. The third kappa shape index (κ3) is 8.28. The molecule has 1 amide bonds. The van der Waals surface area contributed by atoms with Gasteiger partial charge in [-0.3, -0.25) is 9.59 Å². The number of esters is 4. The number of fused-ring (bicyclic) bond motifs is 4. The number of nitrogens with one attached hydrogen (secondary N) is 1. The predicted molar refractivity (Wildman–Crippen MR) is 220 cm³/mol. The molecule has 0 aromatic heterocycles. The van der Waals surface area contributed by atoms with E-state index in [1.807, 2.05) is 20.8 Å². The summed E-state index contributed by atoms with van der Waals surface area (Å²) in [6.45, 7) is 21.9. The van der Waals surface area contributed by atoms with Crippen molar-refractivity contribution in [2.75, 3.05) is 6.61 Å². The largest absolute Gasteiger partial charge is 0.456 e. The lowest BCUT2D eigenvalue weighted by Gasteiger charge is -2.71. The van der Waals surface area contributed by atoms with E-state index in [4.69, 9.17) is 37.9 Å². The number of ether oxygens (including phenoxy) is 8. The maximum atomic E-state index is 14.4. The molecule has 13 atom stereocenters. The van der Waals surface area contributed by atoms with Gasteiger partial charge in [-0.15, -0.1) is 0 Å². The van der Waals surface area contributed by atoms with E-state index in [0.717, 1.165) is 0 Å². The normalized spacial score (nSPS) is 35.5. The number of rotatable bonds is 11. The van der Waals surface area contributed by atoms with Gasteiger partial charge in [0.1, 0.15) is 35.6 Å². The van der Waals surface area contributed by atoms with Gasteiger partial charge in [-0.2, -0.15) is 0 Å². The highest BCUT2D eigenvalue weighted by Gasteiger charge is 2.79. The van der Waals surface area contributed by atoms with Gasteiger partial charge in [0.2, 0.25) is 0 Å². The number of amides is 1. The maximum Gasteiger partial charge on any atom is 0.407 e. The average Bonchev–Trinajstić information content (AvgIpc) is 3.15. The van der Waals surface area contributed by atoms with Gasteiger partial charge in [0, 0.05) is 37.5 Å². The van der Waals surface area contributed by atoms with Crippen LogP contribution in [0.2, 0.25) is 0 Å². The molecule has 2 bridgehead atoms. The van der Waals surface area contributed by atoms with Crippen LogP contribution in [0.15, 0.2) is 54.1 Å². The summed E-state index contributed by atoms with van der Waals surface area (Å²) in [4.78, 5) is 68.1. The van der Waals surface area contributed by atoms with Gasteiger partial charge in [0.15, 0.2) is 24.1 Å². The Morgan fingerprint density at radius 1 is 0.984 bits per heavy atom. The number of benzene rings is 1. The molecule has 3 unspecified atom stereocenters. The van der Waals surface area contributed by atoms with Crippen LogP contribution in [-0.2, 0) is 52.3 Å². The van der Waals surface area contributed by atoms with Crippen LogP contribution in [0.3, 0.4) is 0 Å². The molecule has 342 valence electrons. The lowest BCUT2D eigenvalue weighted by molar-refractivity contribution is -0.405. The van der Waals surface area contributed by atoms with Crippen molar-refractivity contribution in [2.24, 2.45) is 22.7 Å². The summed E-state index contributed by atoms with van der Waals surface area (Å²) >= 11 is 0. The zero-order chi connectivity index (χ0) is 45.9. The van der Waals surface area contributed by atoms with E-state index in [-0.39, 0.29) is 30.9 Å². The maximum absolute atomic E-state index is 14.4. The van der Waals surface area contributed by atoms with Crippen LogP contribution < -0.4 is 5.32 Å². The van der Waals surface area contributed by atoms with Crippen LogP contribution >= 0.6 is 0 Å². The topological polar surface area (TPSA) is 212 Å². The molecule has 5 aliphatic rings. The third-order valence-electron chi connectivity index (χ3n) is 13.4. The molecule has 2 saturated heterocycles. The molecule has 0 spiro atoms. The van der Waals surface area contributed by atoms with Crippen molar-refractivity contribution in [3.05, 3.63) is 59.7 Å². The van der Waals surface area contributed by atoms with E-state index in [1.165, 1.54) is 19.9 Å². The summed E-state index contributed by atoms with van der Waals surface area (Å²) in [5.74, 6) is -4.57. The van der Waals surface area contributed by atoms with Crippen molar-refractivity contribution in [1.82, 2.24) is 5.32 Å². The summed E-state index contributed by atoms with van der Waals surface area (Å²) in [6, 6.07) is 7.04. The minimum Gasteiger partial charge on any atom is -0.456 e. The molecular formula is C46H63NO15. The van der Waals surface area contributed by atoms with Crippen molar-refractivity contribution in [3.8, 4) is 0 Å². The molecule has 1 aromatic rings. The van der Waals surface area contributed by atoms with Crippen molar-refractivity contribution in [2.45, 2.75) is 167 Å². The second-order valence-electron chi connectivity index (χ2n) is 19.5. The van der Waals surface area contributed by atoms with Gasteiger partial charge in [0.05, 0.1) is 30.2 Å². The summed E-state index contributed by atoms with van der Waals surface area (Å²) in [6.07, 6.45) is -9.36. The fraction of sp³-hybridized carbons (Fsp3) is 0.674. The molecule has 2 heterocycles. The van der Waals surface area contributed by atoms with Gasteiger partial charge in [-0.05, 0) is 69.4 Å². The lowest BCUT2D eigenvalue weighted by Crippen LogP contribution is -2.83. The molecule has 62 heavy (non-hydrogen) atoms. The van der Waals surface area contributed by atoms with Crippen LogP contribution in [0.4, 0.5) is 4.79 Å². The first-order valence-corrected chi connectivity index (χ1v) is 21.3. The molecule has 2 saturated carbocycles. The Balaban J connectivity index is 1.57. The summed E-state index contributed by atoms with van der Waals surface area (Å²) in [5, 5.41) is 28.1. The van der Waals surface area contributed by atoms with Crippen molar-refractivity contribution >= 4 is 30.0 Å². The van der Waals surface area contributed by atoms with Crippen molar-refractivity contribution in [1.29, 1.82) is 0 Å². The second kappa shape index (κ2) is 17.0. The molecule has 3 N–H and O–H groups in total. The highest BCUT2D eigenvalue weighted by Crippen LogP contribution is 2.67. The van der Waals surface area contributed by atoms with E-state index < -0.39 is 125 Å². The minimum absolute atomic E-state index is 0.0926. The van der Waals surface area contributed by atoms with Crippen LogP contribution in [0, 0.1) is 22.7 Å². The van der Waals surface area contributed by atoms with Gasteiger partial charge in [0.25, 0.3) is 0 Å². The number of hydrogen-bond acceptors (Lipinski definition) is 15. The standard InChI is InChI=1S/C46H63NO15/c1-13-32-58-30-20-31-45(22-55-31,61-26(6)49)36-38(60-39(51)27-17-15-14-16-18-27)46(54)21-29(57-40(52)34(50)28(19-23(2)3)47-41(53)62-42(7,8)9)24(4)33(43(46,10)11)35(56-25(5)48)37(59-32)44(30,36)12/h13-18,23,28-32,34-38,50,54H,1,19-22H2,2-12H3,(H,47,53)/t28-,29-,30-,31?,32?,34-,35-,36?,37-,38-,44+,45-,46+/m0/s1. The zero-order valence-corrected chi connectivity index (χ0v) is 37.6. The average molecular weight is 870 g/mol. The zero-order valence-electron chi connectivity index (χ0n) is 37.6. The van der Waals surface area contributed by atoms with E-state index in [1.54, 1.807) is 71.9 Å². The Hall–Kier alpha value is -4.35. The minimum atomic E-state index is -2.23. The van der Waals surface area contributed by atoms with Gasteiger partial charge in [-0.1, -0.05) is 59.4 Å². The number of aliphatic hydroxyl groups is 2. The summed E-state index contributed by atoms with van der Waals surface area (Å²) in [5.41, 5.74) is -6.65. The Morgan fingerprint density at radius 2 is 1.65 bits per heavy atom. The molecule has 16 heteroatoms. The molecule has 0 radical (unpaired) electrons. The number of aliphatic hydroxyl groups excluding tert-OH is 1. The molecule has 3 aliphatic carbocycles. The first-order valence-electron chi connectivity index (χ1n) is 21.3. The molecule has 1 aromatic carbocycles. The van der Waals surface area contributed by atoms with Gasteiger partial charge < -0.3 is 53.4 Å². The smallest absolute Gasteiger partial charge is 0.407 e. The summed E-state index contributed by atoms with van der Waals surface area (Å²) < 4.78 is 50.2. The van der Waals surface area contributed by atoms with Gasteiger partial charge in [-0.25, -0.2) is 14.4 Å². The van der Waals surface area contributed by atoms with Crippen LogP contribution in [-0.4, -0.2) is 119 Å². The van der Waals surface area contributed by atoms with E-state index in [9.17, 15) is 34.2 Å². The molecule has 16 nitrogen and oxygen atoms in total. The quantitative estimate of drug-likeness (QED) is 0.154. The Morgan fingerprint density at radius 3 is 2.19 bits per heavy atom.